The molecule has 0 aliphatic rings. The number of hydrogen-bond donors (Lipinski definition) is 3. The number of rotatable bonds is 7. The van der Waals surface area contributed by atoms with Gasteiger partial charge in [0.05, 0.1) is 5.56 Å². The summed E-state index contributed by atoms with van der Waals surface area (Å²) in [6, 6.07) is 1.34. The fourth-order valence-electron chi connectivity index (χ4n) is 1.92. The van der Waals surface area contributed by atoms with Crippen LogP contribution in [0.25, 0.3) is 0 Å². The number of amides is 1. The van der Waals surface area contributed by atoms with Crippen molar-refractivity contribution in [2.75, 3.05) is 18.2 Å². The lowest BCUT2D eigenvalue weighted by Gasteiger charge is -2.29. The summed E-state index contributed by atoms with van der Waals surface area (Å²) < 4.78 is 13.9. The number of halogens is 1. The molecule has 1 amide bonds. The van der Waals surface area contributed by atoms with Gasteiger partial charge in [0.1, 0.15) is 0 Å². The van der Waals surface area contributed by atoms with E-state index in [-0.39, 0.29) is 16.1 Å². The number of nitrogens with two attached hydrogens (primary N) is 1. The van der Waals surface area contributed by atoms with Gasteiger partial charge in [-0.3, -0.25) is 4.79 Å². The molecule has 7 heteroatoms. The summed E-state index contributed by atoms with van der Waals surface area (Å²) in [5.41, 5.74) is 2.07. The molecule has 112 valence electrons. The minimum atomic E-state index is -0.741. The standard InChI is InChI=1S/C13H21FN4OS/c1-4-13(5-2,20-3)8-17-12(19)9-6-7-16-11(18-15)10(9)14/h6-7H,4-5,8,15H2,1-3H3,(H,16,18)(H,17,19). The molecule has 5 nitrogen and oxygen atoms in total. The van der Waals surface area contributed by atoms with Gasteiger partial charge in [-0.1, -0.05) is 13.8 Å². The Bertz CT molecular complexity index is 457. The van der Waals surface area contributed by atoms with Gasteiger partial charge in [-0.2, -0.15) is 11.8 Å². The Labute approximate surface area is 122 Å². The summed E-state index contributed by atoms with van der Waals surface area (Å²) in [5, 5.41) is 2.79. The zero-order valence-electron chi connectivity index (χ0n) is 12.0. The van der Waals surface area contributed by atoms with Gasteiger partial charge in [-0.25, -0.2) is 15.2 Å². The highest BCUT2D eigenvalue weighted by atomic mass is 32.2. The molecule has 1 aromatic heterocycles. The number of hydrazine groups is 1. The fourth-order valence-corrected chi connectivity index (χ4v) is 2.71. The fraction of sp³-hybridized carbons (Fsp3) is 0.538. The summed E-state index contributed by atoms with van der Waals surface area (Å²) in [6.45, 7) is 4.65. The molecule has 0 aromatic carbocycles. The van der Waals surface area contributed by atoms with Crippen molar-refractivity contribution in [3.05, 3.63) is 23.6 Å². The molecule has 1 rings (SSSR count). The lowest BCUT2D eigenvalue weighted by Crippen LogP contribution is -2.40. The Morgan fingerprint density at radius 2 is 2.15 bits per heavy atom. The smallest absolute Gasteiger partial charge is 0.254 e. The first kappa shape index (κ1) is 16.7. The minimum absolute atomic E-state index is 0.0197. The zero-order chi connectivity index (χ0) is 15.2. The number of nitrogen functional groups attached to an aromatic ring is 1. The largest absolute Gasteiger partial charge is 0.351 e. The first-order valence-corrected chi connectivity index (χ1v) is 7.70. The second-order valence-electron chi connectivity index (χ2n) is 4.44. The van der Waals surface area contributed by atoms with Crippen molar-refractivity contribution in [1.29, 1.82) is 0 Å². The third kappa shape index (κ3) is 3.61. The van der Waals surface area contributed by atoms with Gasteiger partial charge in [0, 0.05) is 17.5 Å². The molecule has 20 heavy (non-hydrogen) atoms. The first-order chi connectivity index (χ1) is 9.53. The molecule has 1 heterocycles. The van der Waals surface area contributed by atoms with E-state index in [1.807, 2.05) is 6.26 Å². The minimum Gasteiger partial charge on any atom is -0.351 e. The second-order valence-corrected chi connectivity index (χ2v) is 5.72. The van der Waals surface area contributed by atoms with Gasteiger partial charge in [-0.15, -0.1) is 0 Å². The van der Waals surface area contributed by atoms with Gasteiger partial charge >= 0.3 is 0 Å². The van der Waals surface area contributed by atoms with Crippen LogP contribution in [-0.4, -0.2) is 28.4 Å². The van der Waals surface area contributed by atoms with Crippen molar-refractivity contribution in [2.24, 2.45) is 5.84 Å². The third-order valence-electron chi connectivity index (χ3n) is 3.56. The molecule has 1 aromatic rings. The average molecular weight is 300 g/mol. The number of pyridine rings is 1. The summed E-state index contributed by atoms with van der Waals surface area (Å²) in [7, 11) is 0. The van der Waals surface area contributed by atoms with Crippen LogP contribution in [0.1, 0.15) is 37.0 Å². The van der Waals surface area contributed by atoms with Crippen LogP contribution in [0.5, 0.6) is 0 Å². The van der Waals surface area contributed by atoms with E-state index in [4.69, 9.17) is 5.84 Å². The summed E-state index contributed by atoms with van der Waals surface area (Å²) in [5.74, 6) is 3.80. The van der Waals surface area contributed by atoms with E-state index >= 15 is 0 Å². The van der Waals surface area contributed by atoms with Crippen LogP contribution < -0.4 is 16.6 Å². The van der Waals surface area contributed by atoms with Crippen LogP contribution in [0.15, 0.2) is 12.3 Å². The van der Waals surface area contributed by atoms with Gasteiger partial charge in [0.2, 0.25) is 0 Å². The van der Waals surface area contributed by atoms with Crippen LogP contribution in [0.2, 0.25) is 0 Å². The number of anilines is 1. The van der Waals surface area contributed by atoms with Crippen LogP contribution in [0, 0.1) is 5.82 Å². The molecule has 0 fully saturated rings. The highest BCUT2D eigenvalue weighted by molar-refractivity contribution is 8.00. The van der Waals surface area contributed by atoms with Gasteiger partial charge in [0.15, 0.2) is 11.6 Å². The SMILES string of the molecule is CCC(CC)(CNC(=O)c1ccnc(NN)c1F)SC. The van der Waals surface area contributed by atoms with Crippen molar-refractivity contribution in [1.82, 2.24) is 10.3 Å². The van der Waals surface area contributed by atoms with Crippen LogP contribution in [-0.2, 0) is 0 Å². The predicted octanol–water partition coefficient (Wildman–Crippen LogP) is 2.16. The summed E-state index contributed by atoms with van der Waals surface area (Å²) in [4.78, 5) is 15.8. The van der Waals surface area contributed by atoms with Crippen molar-refractivity contribution in [3.63, 3.8) is 0 Å². The molecule has 0 aliphatic heterocycles. The second kappa shape index (κ2) is 7.44. The predicted molar refractivity (Wildman–Crippen MR) is 81.2 cm³/mol. The monoisotopic (exact) mass is 300 g/mol. The van der Waals surface area contributed by atoms with Gasteiger partial charge in [-0.05, 0) is 25.2 Å². The number of carbonyl (C=O) groups excluding carboxylic acids is 1. The highest BCUT2D eigenvalue weighted by Crippen LogP contribution is 2.29. The van der Waals surface area contributed by atoms with E-state index in [0.29, 0.717) is 6.54 Å². The van der Waals surface area contributed by atoms with Crippen LogP contribution >= 0.6 is 11.8 Å². The maximum Gasteiger partial charge on any atom is 0.254 e. The number of nitrogens with one attached hydrogen (secondary N) is 2. The quantitative estimate of drug-likeness (QED) is 0.531. The average Bonchev–Trinajstić information content (AvgIpc) is 2.49. The zero-order valence-corrected chi connectivity index (χ0v) is 12.8. The number of thioether (sulfide) groups is 1. The topological polar surface area (TPSA) is 80.0 Å². The molecule has 0 radical (unpaired) electrons. The molecule has 0 saturated heterocycles. The molecule has 0 aliphatic carbocycles. The Morgan fingerprint density at radius 3 is 2.65 bits per heavy atom. The number of hydrogen-bond acceptors (Lipinski definition) is 5. The summed E-state index contributed by atoms with van der Waals surface area (Å²) in [6.07, 6.45) is 5.22. The number of nitrogens with zero attached hydrogens (tertiary/aromatic N) is 1. The van der Waals surface area contributed by atoms with Crippen molar-refractivity contribution in [2.45, 2.75) is 31.4 Å². The van der Waals surface area contributed by atoms with E-state index in [2.05, 4.69) is 29.6 Å². The van der Waals surface area contributed by atoms with Crippen molar-refractivity contribution in [3.8, 4) is 0 Å². The molecule has 0 saturated carbocycles. The molecule has 0 spiro atoms. The number of aromatic nitrogens is 1. The third-order valence-corrected chi connectivity index (χ3v) is 5.15. The van der Waals surface area contributed by atoms with Crippen molar-refractivity contribution >= 4 is 23.5 Å². The molecular weight excluding hydrogens is 279 g/mol. The molecule has 4 N–H and O–H groups in total. The van der Waals surface area contributed by atoms with Gasteiger partial charge < -0.3 is 10.7 Å². The van der Waals surface area contributed by atoms with Crippen LogP contribution in [0.3, 0.4) is 0 Å². The maximum atomic E-state index is 13.9. The lowest BCUT2D eigenvalue weighted by atomic mass is 10.0. The Kier molecular flexibility index (Phi) is 6.22. The molecule has 0 atom stereocenters. The Hall–Kier alpha value is -1.34. The van der Waals surface area contributed by atoms with Crippen molar-refractivity contribution < 1.29 is 9.18 Å². The molecule has 0 unspecified atom stereocenters. The van der Waals surface area contributed by atoms with Gasteiger partial charge in [0.25, 0.3) is 5.91 Å². The Morgan fingerprint density at radius 1 is 1.50 bits per heavy atom. The first-order valence-electron chi connectivity index (χ1n) is 6.48. The van der Waals surface area contributed by atoms with E-state index in [0.717, 1.165) is 12.8 Å². The lowest BCUT2D eigenvalue weighted by molar-refractivity contribution is 0.0945. The normalized spacial score (nSPS) is 11.2. The highest BCUT2D eigenvalue weighted by Gasteiger charge is 2.26. The molecular formula is C13H21FN4OS. The molecule has 0 bridgehead atoms. The summed E-state index contributed by atoms with van der Waals surface area (Å²) >= 11 is 1.71. The Balaban J connectivity index is 2.82. The number of carbonyl (C=O) groups is 1. The van der Waals surface area contributed by atoms with E-state index in [1.165, 1.54) is 12.3 Å². The maximum absolute atomic E-state index is 13.9. The van der Waals surface area contributed by atoms with E-state index in [1.54, 1.807) is 11.8 Å². The van der Waals surface area contributed by atoms with E-state index in [9.17, 15) is 9.18 Å². The van der Waals surface area contributed by atoms with Crippen LogP contribution in [0.4, 0.5) is 10.2 Å². The van der Waals surface area contributed by atoms with E-state index < -0.39 is 11.7 Å².